The number of amides is 2. The number of carbonyl (C=O) groups is 3. The monoisotopic (exact) mass is 457 g/mol. The molecular weight excluding hydrogens is 434 g/mol. The second kappa shape index (κ2) is 10.2. The zero-order chi connectivity index (χ0) is 23.3. The molecule has 0 aliphatic carbocycles. The Balaban J connectivity index is 1.75. The van der Waals surface area contributed by atoms with Gasteiger partial charge in [0.15, 0.2) is 11.5 Å². The fourth-order valence-corrected chi connectivity index (χ4v) is 3.90. The summed E-state index contributed by atoms with van der Waals surface area (Å²) in [7, 11) is 2.85. The van der Waals surface area contributed by atoms with Crippen molar-refractivity contribution in [2.24, 2.45) is 0 Å². The molecule has 3 rings (SSSR count). The highest BCUT2D eigenvalue weighted by atomic mass is 32.2. The number of rotatable bonds is 8. The summed E-state index contributed by atoms with van der Waals surface area (Å²) >= 11 is 0.843. The number of hydrogen-bond donors (Lipinski definition) is 0. The molecule has 0 atom stereocenters. The van der Waals surface area contributed by atoms with Crippen LogP contribution in [0, 0.1) is 6.92 Å². The summed E-state index contributed by atoms with van der Waals surface area (Å²) < 4.78 is 21.4. The van der Waals surface area contributed by atoms with Crippen LogP contribution in [0.4, 0.5) is 4.79 Å². The maximum Gasteiger partial charge on any atom is 0.308 e. The minimum Gasteiger partial charge on any atom is -0.493 e. The molecule has 0 spiro atoms. The standard InChI is InChI=1S/C23H23NO7S/c1-14-6-5-7-17(10-14)30-9-8-24-22(26)20(32-23(24)27)13-16-11-18(28-3)21(31-15(2)25)19(12-16)29-4/h5-7,10-13H,8-9H2,1-4H3/b20-13-. The predicted molar refractivity (Wildman–Crippen MR) is 120 cm³/mol. The maximum absolute atomic E-state index is 12.8. The van der Waals surface area contributed by atoms with Crippen LogP contribution < -0.4 is 18.9 Å². The third-order valence-electron chi connectivity index (χ3n) is 4.47. The van der Waals surface area contributed by atoms with E-state index in [-0.39, 0.29) is 40.5 Å². The first-order valence-electron chi connectivity index (χ1n) is 9.71. The van der Waals surface area contributed by atoms with Gasteiger partial charge in [-0.1, -0.05) is 12.1 Å². The third-order valence-corrected chi connectivity index (χ3v) is 5.38. The van der Waals surface area contributed by atoms with Crippen molar-refractivity contribution in [2.45, 2.75) is 13.8 Å². The summed E-state index contributed by atoms with van der Waals surface area (Å²) in [6.07, 6.45) is 1.56. The lowest BCUT2D eigenvalue weighted by Crippen LogP contribution is -2.32. The second-order valence-corrected chi connectivity index (χ2v) is 7.84. The smallest absolute Gasteiger partial charge is 0.308 e. The van der Waals surface area contributed by atoms with Gasteiger partial charge < -0.3 is 18.9 Å². The molecule has 1 fully saturated rings. The first-order valence-corrected chi connectivity index (χ1v) is 10.5. The van der Waals surface area contributed by atoms with Crippen molar-refractivity contribution in [3.05, 3.63) is 52.4 Å². The van der Waals surface area contributed by atoms with E-state index in [2.05, 4.69) is 0 Å². The van der Waals surface area contributed by atoms with E-state index in [1.54, 1.807) is 18.2 Å². The van der Waals surface area contributed by atoms with Crippen molar-refractivity contribution < 1.29 is 33.3 Å². The van der Waals surface area contributed by atoms with Crippen LogP contribution in [0.5, 0.6) is 23.0 Å². The fraction of sp³-hybridized carbons (Fsp3) is 0.261. The van der Waals surface area contributed by atoms with Gasteiger partial charge in [-0.05, 0) is 60.2 Å². The largest absolute Gasteiger partial charge is 0.493 e. The summed E-state index contributed by atoms with van der Waals surface area (Å²) in [4.78, 5) is 37.9. The number of ether oxygens (including phenoxy) is 4. The zero-order valence-corrected chi connectivity index (χ0v) is 19.0. The van der Waals surface area contributed by atoms with E-state index in [9.17, 15) is 14.4 Å². The quantitative estimate of drug-likeness (QED) is 0.333. The lowest BCUT2D eigenvalue weighted by atomic mass is 10.1. The molecule has 0 radical (unpaired) electrons. The van der Waals surface area contributed by atoms with Gasteiger partial charge in [-0.25, -0.2) is 0 Å². The Bertz CT molecular complexity index is 1050. The highest BCUT2D eigenvalue weighted by Gasteiger charge is 2.35. The Hall–Kier alpha value is -3.46. The van der Waals surface area contributed by atoms with Crippen molar-refractivity contribution in [1.29, 1.82) is 0 Å². The lowest BCUT2D eigenvalue weighted by molar-refractivity contribution is -0.132. The first kappa shape index (κ1) is 23.2. The number of methoxy groups -OCH3 is 2. The molecule has 168 valence electrons. The molecule has 1 heterocycles. The van der Waals surface area contributed by atoms with Crippen LogP contribution in [0.1, 0.15) is 18.1 Å². The summed E-state index contributed by atoms with van der Waals surface area (Å²) in [6, 6.07) is 10.7. The molecule has 2 aromatic rings. The molecule has 1 saturated heterocycles. The van der Waals surface area contributed by atoms with E-state index in [0.29, 0.717) is 11.3 Å². The average Bonchev–Trinajstić information content (AvgIpc) is 3.01. The van der Waals surface area contributed by atoms with Crippen molar-refractivity contribution in [3.63, 3.8) is 0 Å². The van der Waals surface area contributed by atoms with E-state index in [4.69, 9.17) is 18.9 Å². The molecule has 1 aliphatic rings. The summed E-state index contributed by atoms with van der Waals surface area (Å²) in [5.41, 5.74) is 1.61. The van der Waals surface area contributed by atoms with E-state index in [1.807, 2.05) is 31.2 Å². The second-order valence-electron chi connectivity index (χ2n) is 6.85. The Kier molecular flexibility index (Phi) is 7.42. The third kappa shape index (κ3) is 5.42. The molecule has 32 heavy (non-hydrogen) atoms. The van der Waals surface area contributed by atoms with Gasteiger partial charge in [-0.2, -0.15) is 0 Å². The maximum atomic E-state index is 12.8. The summed E-state index contributed by atoms with van der Waals surface area (Å²) in [5.74, 6) is 0.409. The number of nitrogens with zero attached hydrogens (tertiary/aromatic N) is 1. The fourth-order valence-electron chi connectivity index (χ4n) is 3.03. The van der Waals surface area contributed by atoms with Crippen molar-refractivity contribution in [3.8, 4) is 23.0 Å². The normalized spacial score (nSPS) is 14.6. The Morgan fingerprint density at radius 2 is 1.78 bits per heavy atom. The number of aryl methyl sites for hydroxylation is 1. The van der Waals surface area contributed by atoms with E-state index < -0.39 is 11.9 Å². The number of carbonyl (C=O) groups excluding carboxylic acids is 3. The lowest BCUT2D eigenvalue weighted by Gasteiger charge is -2.14. The van der Waals surface area contributed by atoms with Gasteiger partial charge in [0.2, 0.25) is 5.75 Å². The predicted octanol–water partition coefficient (Wildman–Crippen LogP) is 4.05. The minimum absolute atomic E-state index is 0.133. The van der Waals surface area contributed by atoms with Crippen molar-refractivity contribution in [1.82, 2.24) is 4.90 Å². The number of benzene rings is 2. The van der Waals surface area contributed by atoms with Crippen LogP contribution in [0.25, 0.3) is 6.08 Å². The molecule has 0 aromatic heterocycles. The van der Waals surface area contributed by atoms with Crippen LogP contribution >= 0.6 is 11.8 Å². The van der Waals surface area contributed by atoms with Crippen LogP contribution in [-0.2, 0) is 9.59 Å². The summed E-state index contributed by atoms with van der Waals surface area (Å²) in [5, 5.41) is -0.371. The van der Waals surface area contributed by atoms with Crippen LogP contribution in [0.3, 0.4) is 0 Å². The number of hydrogen-bond acceptors (Lipinski definition) is 8. The highest BCUT2D eigenvalue weighted by molar-refractivity contribution is 8.18. The van der Waals surface area contributed by atoms with Gasteiger partial charge in [0, 0.05) is 6.92 Å². The van der Waals surface area contributed by atoms with Crippen molar-refractivity contribution >= 4 is 35.0 Å². The van der Waals surface area contributed by atoms with E-state index in [0.717, 1.165) is 22.2 Å². The van der Waals surface area contributed by atoms with E-state index >= 15 is 0 Å². The highest BCUT2D eigenvalue weighted by Crippen LogP contribution is 2.40. The Morgan fingerprint density at radius 3 is 2.38 bits per heavy atom. The number of imide groups is 1. The van der Waals surface area contributed by atoms with E-state index in [1.165, 1.54) is 21.1 Å². The average molecular weight is 458 g/mol. The van der Waals surface area contributed by atoms with Crippen molar-refractivity contribution in [2.75, 3.05) is 27.4 Å². The Morgan fingerprint density at radius 1 is 1.09 bits per heavy atom. The van der Waals surface area contributed by atoms with Gasteiger partial charge in [0.05, 0.1) is 25.7 Å². The SMILES string of the molecule is COc1cc(/C=C2\SC(=O)N(CCOc3cccc(C)c3)C2=O)cc(OC)c1OC(C)=O. The van der Waals surface area contributed by atoms with Gasteiger partial charge >= 0.3 is 5.97 Å². The molecule has 0 N–H and O–H groups in total. The molecule has 1 aliphatic heterocycles. The van der Waals surface area contributed by atoms with Crippen LogP contribution in [0.15, 0.2) is 41.3 Å². The number of thioether (sulfide) groups is 1. The first-order chi connectivity index (χ1) is 15.3. The molecule has 8 nitrogen and oxygen atoms in total. The molecule has 2 aromatic carbocycles. The number of esters is 1. The molecule has 0 bridgehead atoms. The van der Waals surface area contributed by atoms with Crippen LogP contribution in [-0.4, -0.2) is 49.4 Å². The Labute approximate surface area is 190 Å². The molecule has 0 unspecified atom stereocenters. The molecule has 2 amide bonds. The van der Waals surface area contributed by atoms with Gasteiger partial charge in [-0.15, -0.1) is 0 Å². The van der Waals surface area contributed by atoms with Gasteiger partial charge in [-0.3, -0.25) is 19.3 Å². The summed E-state index contributed by atoms with van der Waals surface area (Å²) in [6.45, 7) is 3.55. The van der Waals surface area contributed by atoms with Crippen LogP contribution in [0.2, 0.25) is 0 Å². The molecular formula is C23H23NO7S. The van der Waals surface area contributed by atoms with Gasteiger partial charge in [0.1, 0.15) is 12.4 Å². The topological polar surface area (TPSA) is 91.4 Å². The minimum atomic E-state index is -0.525. The zero-order valence-electron chi connectivity index (χ0n) is 18.2. The molecule has 9 heteroatoms. The molecule has 0 saturated carbocycles. The van der Waals surface area contributed by atoms with Gasteiger partial charge in [0.25, 0.3) is 11.1 Å².